The third-order valence-electron chi connectivity index (χ3n) is 5.54. The monoisotopic (exact) mass is 521 g/mol. The van der Waals surface area contributed by atoms with E-state index >= 15 is 0 Å². The van der Waals surface area contributed by atoms with Crippen LogP contribution in [-0.2, 0) is 17.9 Å². The number of hydrogen-bond acceptors (Lipinski definition) is 6. The van der Waals surface area contributed by atoms with Crippen LogP contribution in [0.25, 0.3) is 21.3 Å². The summed E-state index contributed by atoms with van der Waals surface area (Å²) in [6, 6.07) is 1.26. The van der Waals surface area contributed by atoms with Crippen LogP contribution >= 0.6 is 22.9 Å². The SMILES string of the molecule is CCn1ncc(-c2cc(C(F)F)nc3sc(C(N)=O)c(NC(=O)CCn4cc(Cl)c(C)n4)c23)c1C. The maximum atomic E-state index is 13.7. The average molecular weight is 522 g/mol. The zero-order chi connectivity index (χ0) is 25.4. The Kier molecular flexibility index (Phi) is 6.86. The van der Waals surface area contributed by atoms with Crippen molar-refractivity contribution in [1.82, 2.24) is 24.5 Å². The molecule has 0 unspecified atom stereocenters. The van der Waals surface area contributed by atoms with Crippen LogP contribution in [0.2, 0.25) is 5.02 Å². The molecular formula is C22H22ClF2N7O2S. The molecule has 0 atom stereocenters. The maximum Gasteiger partial charge on any atom is 0.280 e. The molecule has 3 N–H and O–H groups in total. The molecule has 0 saturated heterocycles. The summed E-state index contributed by atoms with van der Waals surface area (Å²) in [5.41, 5.74) is 7.64. The summed E-state index contributed by atoms with van der Waals surface area (Å²) in [5, 5.41) is 12.1. The number of primary amides is 1. The lowest BCUT2D eigenvalue weighted by molar-refractivity contribution is -0.116. The zero-order valence-corrected chi connectivity index (χ0v) is 20.7. The van der Waals surface area contributed by atoms with E-state index in [0.717, 1.165) is 17.0 Å². The first kappa shape index (κ1) is 24.7. The number of nitrogens with zero attached hydrogens (tertiary/aromatic N) is 5. The van der Waals surface area contributed by atoms with E-state index in [1.807, 2.05) is 13.8 Å². The van der Waals surface area contributed by atoms with Crippen LogP contribution < -0.4 is 11.1 Å². The molecule has 4 heterocycles. The second kappa shape index (κ2) is 9.70. The minimum atomic E-state index is -2.83. The van der Waals surface area contributed by atoms with Crippen molar-refractivity contribution >= 4 is 50.7 Å². The first-order chi connectivity index (χ1) is 16.6. The molecule has 0 aliphatic heterocycles. The Morgan fingerprint density at radius 2 is 2.03 bits per heavy atom. The Labute approximate surface area is 207 Å². The first-order valence-electron chi connectivity index (χ1n) is 10.7. The van der Waals surface area contributed by atoms with Gasteiger partial charge in [0.2, 0.25) is 5.91 Å². The summed E-state index contributed by atoms with van der Waals surface area (Å²) in [5.74, 6) is -1.22. The summed E-state index contributed by atoms with van der Waals surface area (Å²) in [6.07, 6.45) is 0.375. The van der Waals surface area contributed by atoms with E-state index in [1.165, 1.54) is 6.07 Å². The molecule has 13 heteroatoms. The molecule has 184 valence electrons. The second-order valence-electron chi connectivity index (χ2n) is 7.83. The van der Waals surface area contributed by atoms with E-state index in [0.29, 0.717) is 33.8 Å². The number of anilines is 1. The molecule has 0 saturated carbocycles. The number of aromatic nitrogens is 5. The highest BCUT2D eigenvalue weighted by atomic mass is 35.5. The lowest BCUT2D eigenvalue weighted by Gasteiger charge is -2.11. The molecule has 35 heavy (non-hydrogen) atoms. The van der Waals surface area contributed by atoms with Crippen molar-refractivity contribution in [2.45, 2.75) is 46.7 Å². The molecular weight excluding hydrogens is 500 g/mol. The summed E-state index contributed by atoms with van der Waals surface area (Å²) in [4.78, 5) is 29.3. The van der Waals surface area contributed by atoms with Gasteiger partial charge in [0.05, 0.1) is 22.6 Å². The number of carbonyl (C=O) groups is 2. The highest BCUT2D eigenvalue weighted by Gasteiger charge is 2.26. The van der Waals surface area contributed by atoms with Crippen LogP contribution in [0.3, 0.4) is 0 Å². The molecule has 0 fully saturated rings. The number of amides is 2. The predicted molar refractivity (Wildman–Crippen MR) is 130 cm³/mol. The van der Waals surface area contributed by atoms with Crippen molar-refractivity contribution in [2.75, 3.05) is 5.32 Å². The number of halogens is 3. The topological polar surface area (TPSA) is 121 Å². The Morgan fingerprint density at radius 1 is 1.29 bits per heavy atom. The highest BCUT2D eigenvalue weighted by molar-refractivity contribution is 7.21. The van der Waals surface area contributed by atoms with Crippen molar-refractivity contribution in [3.05, 3.63) is 45.4 Å². The molecule has 0 bridgehead atoms. The average Bonchev–Trinajstić information content (AvgIpc) is 3.46. The van der Waals surface area contributed by atoms with Gasteiger partial charge in [-0.1, -0.05) is 11.6 Å². The van der Waals surface area contributed by atoms with Gasteiger partial charge in [-0.2, -0.15) is 10.2 Å². The van der Waals surface area contributed by atoms with Gasteiger partial charge in [0, 0.05) is 42.4 Å². The first-order valence-corrected chi connectivity index (χ1v) is 11.9. The Hall–Kier alpha value is -3.38. The largest absolute Gasteiger partial charge is 0.365 e. The number of aryl methyl sites for hydroxylation is 3. The lowest BCUT2D eigenvalue weighted by Crippen LogP contribution is -2.18. The fraction of sp³-hybridized carbons (Fsp3) is 0.318. The number of thiophene rings is 1. The van der Waals surface area contributed by atoms with Gasteiger partial charge in [0.1, 0.15) is 15.4 Å². The van der Waals surface area contributed by atoms with Gasteiger partial charge in [-0.05, 0) is 32.4 Å². The number of nitrogens with two attached hydrogens (primary N) is 1. The minimum Gasteiger partial charge on any atom is -0.365 e. The van der Waals surface area contributed by atoms with Crippen molar-refractivity contribution in [1.29, 1.82) is 0 Å². The lowest BCUT2D eigenvalue weighted by atomic mass is 10.0. The van der Waals surface area contributed by atoms with Crippen LogP contribution in [0.4, 0.5) is 14.5 Å². The number of rotatable bonds is 8. The van der Waals surface area contributed by atoms with E-state index in [4.69, 9.17) is 17.3 Å². The Balaban J connectivity index is 1.80. The summed E-state index contributed by atoms with van der Waals surface area (Å²) in [7, 11) is 0. The predicted octanol–water partition coefficient (Wildman–Crippen LogP) is 4.71. The van der Waals surface area contributed by atoms with E-state index in [1.54, 1.807) is 28.7 Å². The number of nitrogens with one attached hydrogen (secondary N) is 1. The third-order valence-corrected chi connectivity index (χ3v) is 7.01. The van der Waals surface area contributed by atoms with E-state index in [-0.39, 0.29) is 28.4 Å². The fourth-order valence-electron chi connectivity index (χ4n) is 3.79. The zero-order valence-electron chi connectivity index (χ0n) is 19.1. The van der Waals surface area contributed by atoms with E-state index in [9.17, 15) is 18.4 Å². The summed E-state index contributed by atoms with van der Waals surface area (Å²) < 4.78 is 30.6. The van der Waals surface area contributed by atoms with Gasteiger partial charge in [0.15, 0.2) is 0 Å². The minimum absolute atomic E-state index is 0.0204. The summed E-state index contributed by atoms with van der Waals surface area (Å²) >= 11 is 6.87. The number of alkyl halides is 2. The molecule has 0 radical (unpaired) electrons. The van der Waals surface area contributed by atoms with Gasteiger partial charge in [0.25, 0.3) is 12.3 Å². The van der Waals surface area contributed by atoms with E-state index in [2.05, 4.69) is 20.5 Å². The third kappa shape index (κ3) is 4.76. The molecule has 0 aliphatic carbocycles. The molecule has 4 aromatic heterocycles. The normalized spacial score (nSPS) is 11.5. The number of pyridine rings is 1. The highest BCUT2D eigenvalue weighted by Crippen LogP contribution is 2.43. The number of carbonyl (C=O) groups excluding carboxylic acids is 2. The molecule has 4 aromatic rings. The van der Waals surface area contributed by atoms with Crippen molar-refractivity contribution in [3.63, 3.8) is 0 Å². The van der Waals surface area contributed by atoms with Gasteiger partial charge < -0.3 is 11.1 Å². The van der Waals surface area contributed by atoms with Crippen LogP contribution in [0.5, 0.6) is 0 Å². The standard InChI is InChI=1S/C22H22ClF2N7O2S/c1-4-32-11(3)13(8-27-32)12-7-15(20(24)25)28-22-17(12)18(19(35-22)21(26)34)29-16(33)5-6-31-9-14(23)10(2)30-31/h7-9,20H,4-6H2,1-3H3,(H2,26,34)(H,29,33). The molecule has 0 aliphatic rings. The number of fused-ring (bicyclic) bond motifs is 1. The quantitative estimate of drug-likeness (QED) is 0.348. The van der Waals surface area contributed by atoms with Crippen molar-refractivity contribution in [2.24, 2.45) is 5.73 Å². The molecule has 4 rings (SSSR count). The van der Waals surface area contributed by atoms with Crippen LogP contribution in [0.15, 0.2) is 18.5 Å². The van der Waals surface area contributed by atoms with E-state index < -0.39 is 23.9 Å². The van der Waals surface area contributed by atoms with Crippen molar-refractivity contribution < 1.29 is 18.4 Å². The number of hydrogen-bond donors (Lipinski definition) is 2. The van der Waals surface area contributed by atoms with Crippen LogP contribution in [-0.4, -0.2) is 36.4 Å². The molecule has 2 amide bonds. The maximum absolute atomic E-state index is 13.7. The smallest absolute Gasteiger partial charge is 0.280 e. The van der Waals surface area contributed by atoms with Gasteiger partial charge in [-0.25, -0.2) is 13.8 Å². The molecule has 0 spiro atoms. The van der Waals surface area contributed by atoms with Gasteiger partial charge >= 0.3 is 0 Å². The Morgan fingerprint density at radius 3 is 2.60 bits per heavy atom. The van der Waals surface area contributed by atoms with Crippen molar-refractivity contribution in [3.8, 4) is 11.1 Å². The van der Waals surface area contributed by atoms with Crippen LogP contribution in [0, 0.1) is 13.8 Å². The Bertz CT molecular complexity index is 1420. The van der Waals surface area contributed by atoms with Gasteiger partial charge in [-0.15, -0.1) is 11.3 Å². The molecule has 0 aromatic carbocycles. The van der Waals surface area contributed by atoms with Crippen LogP contribution in [0.1, 0.15) is 46.5 Å². The molecule has 9 nitrogen and oxygen atoms in total. The summed E-state index contributed by atoms with van der Waals surface area (Å²) in [6.45, 7) is 6.30. The van der Waals surface area contributed by atoms with Gasteiger partial charge in [-0.3, -0.25) is 19.0 Å². The fourth-order valence-corrected chi connectivity index (χ4v) is 4.95. The second-order valence-corrected chi connectivity index (χ2v) is 9.24.